The molecule has 0 aromatic heterocycles. The molecule has 0 bridgehead atoms. The first kappa shape index (κ1) is 107. The number of hydrogen-bond donors (Lipinski definition) is 2. The molecule has 11 rings (SSSR count). The van der Waals surface area contributed by atoms with Gasteiger partial charge in [0.2, 0.25) is 18.7 Å². The number of carbonyl (C=O) groups is 12. The second-order valence-corrected chi connectivity index (χ2v) is 34.8. The third-order valence-electron chi connectivity index (χ3n) is 23.1. The Kier molecular flexibility index (Phi) is 38.3. The highest BCUT2D eigenvalue weighted by atomic mass is 16.7. The molecule has 6 aliphatic rings. The molecule has 5 unspecified atom stereocenters. The lowest BCUT2D eigenvalue weighted by atomic mass is 9.91. The van der Waals surface area contributed by atoms with Crippen molar-refractivity contribution in [3.63, 3.8) is 0 Å². The lowest BCUT2D eigenvalue weighted by Gasteiger charge is -2.43. The molecule has 0 saturated carbocycles. The van der Waals surface area contributed by atoms with Gasteiger partial charge in [0.15, 0.2) is 53.8 Å². The SMILES string of the molecule is C=C1CC2C(O)N(C(=O)OCc3ccc(O[C@@H]4O[C@H](C)[C@@H](C)[C@H](OC(C)=O)[C@H]4OC(C)=O)c(C(=O)CCCOC)c3)c3cc(OCc4cc(COc5cc6c(cc5C)C(=O)N5CC(=C)C[C@H]5C(O)N6C(=O)OCc5ccc(OC6OC(C(=O)OC)[C@@H](OC(C)=O)[C@H](OC(C)=O)[C@H]6C)c(C(=O)CCCOC)c5)cc(OCCOCCOCCCC(=O)OC(C)(C)C)c4)c(OC)cc3C(=O)N2C1.O=C=O. The van der Waals surface area contributed by atoms with E-state index in [1.165, 1.54) is 106 Å². The van der Waals surface area contributed by atoms with E-state index in [2.05, 4.69) is 13.2 Å². The van der Waals surface area contributed by atoms with Crippen LogP contribution < -0.4 is 38.2 Å². The summed E-state index contributed by atoms with van der Waals surface area (Å²) in [7, 11) is 5.39. The third kappa shape index (κ3) is 27.8. The van der Waals surface area contributed by atoms with E-state index in [1.807, 2.05) is 0 Å². The summed E-state index contributed by atoms with van der Waals surface area (Å²) in [6.45, 7) is 24.7. The monoisotopic (exact) mass is 1930 g/mol. The van der Waals surface area contributed by atoms with E-state index in [-0.39, 0.29) is 197 Å². The zero-order valence-corrected chi connectivity index (χ0v) is 79.9. The second-order valence-electron chi connectivity index (χ2n) is 34.8. The van der Waals surface area contributed by atoms with Crippen LogP contribution in [0.15, 0.2) is 103 Å². The normalized spacial score (nSPS) is 22.0. The van der Waals surface area contributed by atoms with Crippen molar-refractivity contribution in [2.24, 2.45) is 11.8 Å². The van der Waals surface area contributed by atoms with E-state index in [1.54, 1.807) is 66.7 Å². The van der Waals surface area contributed by atoms with Crippen molar-refractivity contribution < 1.29 is 172 Å². The Bertz CT molecular complexity index is 5310. The summed E-state index contributed by atoms with van der Waals surface area (Å²) < 4.78 is 118. The summed E-state index contributed by atoms with van der Waals surface area (Å²) >= 11 is 0. The number of methoxy groups -OCH3 is 4. The molecule has 0 aliphatic carbocycles. The Labute approximate surface area is 797 Å². The maximum atomic E-state index is 15.1. The lowest BCUT2D eigenvalue weighted by Crippen LogP contribution is -2.60. The molecule has 2 N–H and O–H groups in total. The van der Waals surface area contributed by atoms with Crippen LogP contribution in [-0.4, -0.2) is 265 Å². The summed E-state index contributed by atoms with van der Waals surface area (Å²) in [5.74, 6) is -7.28. The highest BCUT2D eigenvalue weighted by molar-refractivity contribution is 6.07. The first-order valence-electron chi connectivity index (χ1n) is 44.9. The van der Waals surface area contributed by atoms with Gasteiger partial charge in [0.1, 0.15) is 67.7 Å². The smallest absolute Gasteiger partial charge is 0.416 e. The molecule has 138 heavy (non-hydrogen) atoms. The average molecular weight is 1930 g/mol. The molecular weight excluding hydrogens is 1810 g/mol. The van der Waals surface area contributed by atoms with Crippen LogP contribution in [0.5, 0.6) is 34.5 Å². The molecule has 14 atom stereocenters. The van der Waals surface area contributed by atoms with Gasteiger partial charge in [0, 0.05) is 112 Å². The van der Waals surface area contributed by atoms with E-state index >= 15 is 9.59 Å². The first-order chi connectivity index (χ1) is 65.7. The van der Waals surface area contributed by atoms with Gasteiger partial charge in [-0.3, -0.25) is 43.2 Å². The molecule has 0 spiro atoms. The lowest BCUT2D eigenvalue weighted by molar-refractivity contribution is -0.263. The zero-order chi connectivity index (χ0) is 101. The number of aliphatic hydroxyl groups excluding tert-OH is 2. The van der Waals surface area contributed by atoms with Gasteiger partial charge >= 0.3 is 54.2 Å². The highest BCUT2D eigenvalue weighted by Gasteiger charge is 2.54. The van der Waals surface area contributed by atoms with E-state index < -0.39 is 170 Å². The number of benzene rings is 5. The van der Waals surface area contributed by atoms with Crippen molar-refractivity contribution >= 4 is 88.9 Å². The molecule has 40 heteroatoms. The molecule has 4 saturated heterocycles. The Morgan fingerprint density at radius 2 is 0.949 bits per heavy atom. The molecule has 5 aromatic rings. The van der Waals surface area contributed by atoms with Crippen LogP contribution in [0.25, 0.3) is 0 Å². The fourth-order valence-electron chi connectivity index (χ4n) is 16.6. The number of aryl methyl sites for hydroxylation is 1. The Morgan fingerprint density at radius 1 is 0.493 bits per heavy atom. The van der Waals surface area contributed by atoms with Gasteiger partial charge in [-0.05, 0) is 149 Å². The molecule has 0 radical (unpaired) electrons. The molecular formula is C98H120N4O36. The largest absolute Gasteiger partial charge is 0.493 e. The van der Waals surface area contributed by atoms with Gasteiger partial charge in [-0.1, -0.05) is 50.3 Å². The summed E-state index contributed by atoms with van der Waals surface area (Å²) in [4.78, 5) is 185. The number of rotatable bonds is 41. The molecule has 6 heterocycles. The summed E-state index contributed by atoms with van der Waals surface area (Å²) in [5.41, 5.74) is 2.14. The first-order valence-corrected chi connectivity index (χ1v) is 44.9. The minimum absolute atomic E-state index is 0.00180. The van der Waals surface area contributed by atoms with Crippen LogP contribution in [0, 0.1) is 18.8 Å². The number of hydrogen-bond acceptors (Lipinski definition) is 36. The zero-order valence-electron chi connectivity index (χ0n) is 79.9. The van der Waals surface area contributed by atoms with Crippen LogP contribution in [0.1, 0.15) is 190 Å². The van der Waals surface area contributed by atoms with Crippen molar-refractivity contribution in [3.8, 4) is 34.5 Å². The molecule has 4 fully saturated rings. The van der Waals surface area contributed by atoms with E-state index in [4.69, 9.17) is 104 Å². The van der Waals surface area contributed by atoms with E-state index in [0.717, 1.165) is 30.8 Å². The number of fused-ring (bicyclic) bond motifs is 4. The molecule has 4 amide bonds. The van der Waals surface area contributed by atoms with E-state index in [9.17, 15) is 58.2 Å². The third-order valence-corrected chi connectivity index (χ3v) is 23.1. The molecule has 6 aliphatic heterocycles. The second kappa shape index (κ2) is 49.4. The number of amides is 4. The van der Waals surface area contributed by atoms with Crippen LogP contribution in [0.2, 0.25) is 0 Å². The standard InChI is InChI=1S/C97H120N4O34.CO2/c1-52-35-73-90(111)100(95(114)125-48-62-24-26-77(69(41-62)75(106)21-18-28-116-14)132-93-56(5)84(129-59(8)103)85(130-60(9)104)86(134-93)92(113)119-17)71-44-79(54(3)37-67(71)88(109)98(73)46-52)123-50-64-38-65(40-66(39-64)122-34-33-121-32-31-120-30-20-23-82(108)135-97(11,12)13)51-124-81-45-72-68(43-80(81)118-16)89(110)99-47-53(2)36-74(99)91(112)101(72)96(115)126-49-63-25-27-78(70(42-63)76(107)22-19-29-117-15)133-94-87(131-61(10)105)83(128-58(7)102)55(4)57(6)127-94;2-1-3/h24-27,37-45,55-57,73-74,83-87,90-91,93-94,111-112H,1-2,18-23,28-36,46-51H2,3-17H3;/t55-,56-,57-,73+,74?,83+,84-,85+,86?,87-,90?,91?,93?,94+;/m1./s1. The summed E-state index contributed by atoms with van der Waals surface area (Å²) in [5, 5.41) is 25.0. The fraction of sp³-hybridized carbons (Fsp3) is 0.520. The number of ether oxygens (including phenoxy) is 20. The van der Waals surface area contributed by atoms with E-state index in [0.29, 0.717) is 46.4 Å². The molecule has 748 valence electrons. The van der Waals surface area contributed by atoms with Crippen LogP contribution >= 0.6 is 0 Å². The van der Waals surface area contributed by atoms with Crippen molar-refractivity contribution in [2.75, 3.05) is 97.6 Å². The van der Waals surface area contributed by atoms with Crippen molar-refractivity contribution in [1.29, 1.82) is 0 Å². The maximum absolute atomic E-state index is 15.1. The van der Waals surface area contributed by atoms with Gasteiger partial charge in [-0.2, -0.15) is 9.59 Å². The fourth-order valence-corrected chi connectivity index (χ4v) is 16.6. The number of anilines is 2. The number of carbonyl (C=O) groups excluding carboxylic acids is 14. The quantitative estimate of drug-likeness (QED) is 0.0121. The average Bonchev–Trinajstić information content (AvgIpc) is 1.60. The number of ketones is 2. The minimum Gasteiger partial charge on any atom is -0.493 e. The number of nitrogens with zero attached hydrogens (tertiary/aromatic N) is 4. The topological polar surface area (TPSA) is 477 Å². The van der Waals surface area contributed by atoms with Crippen LogP contribution in [0.4, 0.5) is 21.0 Å². The van der Waals surface area contributed by atoms with Gasteiger partial charge in [0.25, 0.3) is 11.8 Å². The molecule has 5 aromatic carbocycles. The predicted molar refractivity (Wildman–Crippen MR) is 482 cm³/mol. The minimum atomic E-state index is -1.76. The molecule has 40 nitrogen and oxygen atoms in total. The Hall–Kier alpha value is -12.9. The number of aliphatic hydroxyl groups is 2. The van der Waals surface area contributed by atoms with Crippen molar-refractivity contribution in [2.45, 2.75) is 233 Å². The van der Waals surface area contributed by atoms with Gasteiger partial charge < -0.3 is 115 Å². The van der Waals surface area contributed by atoms with Crippen molar-refractivity contribution in [3.05, 3.63) is 153 Å². The van der Waals surface area contributed by atoms with Gasteiger partial charge in [0.05, 0.1) is 91.8 Å². The van der Waals surface area contributed by atoms with Gasteiger partial charge in [-0.15, -0.1) is 0 Å². The Morgan fingerprint density at radius 3 is 1.44 bits per heavy atom. The number of esters is 6. The van der Waals surface area contributed by atoms with Crippen LogP contribution in [-0.2, 0) is 131 Å². The van der Waals surface area contributed by atoms with Crippen molar-refractivity contribution in [1.82, 2.24) is 9.80 Å². The Balaban J connectivity index is 0.00000646. The van der Waals surface area contributed by atoms with Gasteiger partial charge in [-0.25, -0.2) is 24.2 Å². The predicted octanol–water partition coefficient (Wildman–Crippen LogP) is 10.2. The summed E-state index contributed by atoms with van der Waals surface area (Å²) in [6, 6.07) is 17.6. The number of Topliss-reactive ketones (excluding diaryl/α,β-unsaturated/α-hetero) is 2. The highest BCUT2D eigenvalue weighted by Crippen LogP contribution is 2.46. The summed E-state index contributed by atoms with van der Waals surface area (Å²) in [6.07, 6.45) is -14.3. The maximum Gasteiger partial charge on any atom is 0.416 e. The van der Waals surface area contributed by atoms with Crippen LogP contribution in [0.3, 0.4) is 0 Å².